The minimum atomic E-state index is -1.20. The van der Waals surface area contributed by atoms with E-state index in [0.717, 1.165) is 22.3 Å². The summed E-state index contributed by atoms with van der Waals surface area (Å²) in [7, 11) is 3.16. The van der Waals surface area contributed by atoms with Gasteiger partial charge in [0.1, 0.15) is 0 Å². The Morgan fingerprint density at radius 3 is 1.27 bits per heavy atom. The molecule has 0 bridgehead atoms. The molecule has 0 saturated carbocycles. The number of hydrogen-bond donors (Lipinski definition) is 0. The minimum absolute atomic E-state index is 0.131. The number of fused-ring (bicyclic) bond motifs is 1. The van der Waals surface area contributed by atoms with Crippen LogP contribution in [0.5, 0.6) is 0 Å². The maximum Gasteiger partial charge on any atom is 0.214 e. The van der Waals surface area contributed by atoms with E-state index in [9.17, 15) is 4.79 Å². The van der Waals surface area contributed by atoms with Gasteiger partial charge in [0.2, 0.25) is 5.78 Å². The number of ether oxygens (including phenoxy) is 2. The highest BCUT2D eigenvalue weighted by Crippen LogP contribution is 2.53. The van der Waals surface area contributed by atoms with E-state index in [2.05, 4.69) is 0 Å². The largest absolute Gasteiger partial charge is 0.361 e. The molecule has 4 rings (SSSR count). The Bertz CT molecular complexity index is 859. The first-order valence-electron chi connectivity index (χ1n) is 8.58. The molecule has 0 aliphatic heterocycles. The van der Waals surface area contributed by atoms with Gasteiger partial charge in [-0.05, 0) is 11.1 Å². The van der Waals surface area contributed by atoms with Crippen molar-refractivity contribution in [3.63, 3.8) is 0 Å². The summed E-state index contributed by atoms with van der Waals surface area (Å²) in [5.41, 5.74) is 0.839. The number of Topliss-reactive ketones (excluding diaryl/α,β-unsaturated/α-hetero) is 1. The molecule has 3 aromatic rings. The molecule has 1 aliphatic rings. The number of rotatable bonds is 4. The first kappa shape index (κ1) is 16.7. The van der Waals surface area contributed by atoms with Gasteiger partial charge in [0, 0.05) is 25.3 Å². The van der Waals surface area contributed by atoms with Crippen LogP contribution in [0.4, 0.5) is 0 Å². The van der Waals surface area contributed by atoms with Gasteiger partial charge in [0.15, 0.2) is 11.2 Å². The van der Waals surface area contributed by atoms with Crippen LogP contribution in [0.2, 0.25) is 0 Å². The summed E-state index contributed by atoms with van der Waals surface area (Å²) in [6.07, 6.45) is 0. The van der Waals surface area contributed by atoms with Crippen molar-refractivity contribution in [2.75, 3.05) is 14.2 Å². The summed E-state index contributed by atoms with van der Waals surface area (Å²) in [4.78, 5) is 14.0. The molecule has 0 spiro atoms. The lowest BCUT2D eigenvalue weighted by atomic mass is 9.82. The van der Waals surface area contributed by atoms with Gasteiger partial charge >= 0.3 is 0 Å². The average Bonchev–Trinajstić information content (AvgIpc) is 2.95. The molecule has 0 saturated heterocycles. The van der Waals surface area contributed by atoms with E-state index >= 15 is 0 Å². The molecule has 3 nitrogen and oxygen atoms in total. The van der Waals surface area contributed by atoms with Gasteiger partial charge in [-0.15, -0.1) is 0 Å². The molecule has 130 valence electrons. The third-order valence-electron chi connectivity index (χ3n) is 5.30. The SMILES string of the molecule is COC1(c2ccccc2)C(=O)C(OC)(c2ccccc2)c2ccccc21. The molecule has 1 aliphatic carbocycles. The van der Waals surface area contributed by atoms with Crippen LogP contribution in [0.3, 0.4) is 0 Å². The Morgan fingerprint density at radius 2 is 0.923 bits per heavy atom. The summed E-state index contributed by atoms with van der Waals surface area (Å²) < 4.78 is 11.9. The third kappa shape index (κ3) is 1.99. The van der Waals surface area contributed by atoms with Crippen molar-refractivity contribution < 1.29 is 14.3 Å². The topological polar surface area (TPSA) is 35.5 Å². The second-order valence-electron chi connectivity index (χ2n) is 6.38. The van der Waals surface area contributed by atoms with Crippen molar-refractivity contribution in [3.8, 4) is 0 Å². The Labute approximate surface area is 153 Å². The normalized spacial score (nSPS) is 24.5. The predicted molar refractivity (Wildman–Crippen MR) is 99.9 cm³/mol. The number of hydrogen-bond acceptors (Lipinski definition) is 3. The standard InChI is InChI=1S/C23H20O3/c1-25-22(17-11-5-3-6-12-17)19-15-9-10-16-20(19)23(26-2,21(22)24)18-13-7-4-8-14-18/h3-16H,1-2H3. The quantitative estimate of drug-likeness (QED) is 0.716. The molecule has 0 N–H and O–H groups in total. The zero-order valence-electron chi connectivity index (χ0n) is 14.8. The summed E-state index contributed by atoms with van der Waals surface area (Å²) in [6, 6.07) is 27.0. The molecule has 2 unspecified atom stereocenters. The van der Waals surface area contributed by atoms with Gasteiger partial charge in [-0.3, -0.25) is 4.79 Å². The van der Waals surface area contributed by atoms with E-state index in [1.807, 2.05) is 84.9 Å². The number of benzene rings is 3. The Morgan fingerprint density at radius 1 is 0.577 bits per heavy atom. The second-order valence-corrected chi connectivity index (χ2v) is 6.38. The third-order valence-corrected chi connectivity index (χ3v) is 5.30. The highest BCUT2D eigenvalue weighted by molar-refractivity contribution is 6.06. The number of ketones is 1. The van der Waals surface area contributed by atoms with E-state index in [4.69, 9.17) is 9.47 Å². The molecule has 0 aromatic heterocycles. The lowest BCUT2D eigenvalue weighted by Crippen LogP contribution is -2.45. The number of methoxy groups -OCH3 is 2. The molecule has 0 radical (unpaired) electrons. The first-order chi connectivity index (χ1) is 12.7. The average molecular weight is 344 g/mol. The van der Waals surface area contributed by atoms with Crippen molar-refractivity contribution in [2.45, 2.75) is 11.2 Å². The van der Waals surface area contributed by atoms with Gasteiger partial charge < -0.3 is 9.47 Å². The van der Waals surface area contributed by atoms with Crippen LogP contribution in [0.1, 0.15) is 22.3 Å². The highest BCUT2D eigenvalue weighted by Gasteiger charge is 2.62. The molecule has 0 amide bonds. The molecule has 3 heteroatoms. The van der Waals surface area contributed by atoms with Crippen LogP contribution in [0.25, 0.3) is 0 Å². The summed E-state index contributed by atoms with van der Waals surface area (Å²) in [5.74, 6) is -0.131. The first-order valence-corrected chi connectivity index (χ1v) is 8.58. The lowest BCUT2D eigenvalue weighted by Gasteiger charge is -2.32. The molecular formula is C23H20O3. The zero-order chi connectivity index (χ0) is 18.2. The van der Waals surface area contributed by atoms with Crippen molar-refractivity contribution >= 4 is 5.78 Å². The summed E-state index contributed by atoms with van der Waals surface area (Å²) >= 11 is 0. The van der Waals surface area contributed by atoms with Crippen molar-refractivity contribution in [2.24, 2.45) is 0 Å². The Hall–Kier alpha value is -2.75. The molecule has 2 atom stereocenters. The fraction of sp³-hybridized carbons (Fsp3) is 0.174. The van der Waals surface area contributed by atoms with Crippen molar-refractivity contribution in [1.29, 1.82) is 0 Å². The fourth-order valence-corrected chi connectivity index (χ4v) is 4.15. The zero-order valence-corrected chi connectivity index (χ0v) is 14.8. The highest BCUT2D eigenvalue weighted by atomic mass is 16.5. The van der Waals surface area contributed by atoms with Crippen LogP contribution in [-0.2, 0) is 25.5 Å². The van der Waals surface area contributed by atoms with Crippen LogP contribution in [0, 0.1) is 0 Å². The molecule has 26 heavy (non-hydrogen) atoms. The number of carbonyl (C=O) groups excluding carboxylic acids is 1. The smallest absolute Gasteiger partial charge is 0.214 e. The molecule has 3 aromatic carbocycles. The van der Waals surface area contributed by atoms with E-state index < -0.39 is 11.2 Å². The van der Waals surface area contributed by atoms with E-state index in [1.165, 1.54) is 0 Å². The van der Waals surface area contributed by atoms with Crippen molar-refractivity contribution in [3.05, 3.63) is 107 Å². The van der Waals surface area contributed by atoms with Crippen LogP contribution >= 0.6 is 0 Å². The summed E-state index contributed by atoms with van der Waals surface area (Å²) in [6.45, 7) is 0. The van der Waals surface area contributed by atoms with E-state index in [0.29, 0.717) is 0 Å². The van der Waals surface area contributed by atoms with Crippen LogP contribution < -0.4 is 0 Å². The van der Waals surface area contributed by atoms with Gasteiger partial charge in [-0.25, -0.2) is 0 Å². The Kier molecular flexibility index (Phi) is 3.98. The lowest BCUT2D eigenvalue weighted by molar-refractivity contribution is -0.152. The maximum atomic E-state index is 14.0. The predicted octanol–water partition coefficient (Wildman–Crippen LogP) is 4.05. The second kappa shape index (κ2) is 6.20. The Balaban J connectivity index is 2.08. The monoisotopic (exact) mass is 344 g/mol. The number of carbonyl (C=O) groups is 1. The molecule has 0 heterocycles. The van der Waals surface area contributed by atoms with E-state index in [1.54, 1.807) is 14.2 Å². The van der Waals surface area contributed by atoms with E-state index in [-0.39, 0.29) is 5.78 Å². The fourth-order valence-electron chi connectivity index (χ4n) is 4.15. The summed E-state index contributed by atoms with van der Waals surface area (Å²) in [5, 5.41) is 0. The van der Waals surface area contributed by atoms with Gasteiger partial charge in [-0.1, -0.05) is 84.9 Å². The van der Waals surface area contributed by atoms with Gasteiger partial charge in [0.05, 0.1) is 0 Å². The molecular weight excluding hydrogens is 324 g/mol. The van der Waals surface area contributed by atoms with Gasteiger partial charge in [0.25, 0.3) is 0 Å². The van der Waals surface area contributed by atoms with Gasteiger partial charge in [-0.2, -0.15) is 0 Å². The maximum absolute atomic E-state index is 14.0. The van der Waals surface area contributed by atoms with Crippen LogP contribution in [-0.4, -0.2) is 20.0 Å². The minimum Gasteiger partial charge on any atom is -0.361 e. The molecule has 0 fully saturated rings. The van der Waals surface area contributed by atoms with Crippen molar-refractivity contribution in [1.82, 2.24) is 0 Å². The van der Waals surface area contributed by atoms with Crippen LogP contribution in [0.15, 0.2) is 84.9 Å².